The molecule has 0 radical (unpaired) electrons. The fraction of sp³-hybridized carbons (Fsp3) is 0.250. The van der Waals surface area contributed by atoms with Crippen LogP contribution in [0.15, 0.2) is 42.5 Å². The number of nitrogens with one attached hydrogen (secondary N) is 1. The second-order valence-corrected chi connectivity index (χ2v) is 6.11. The number of nitrogens with zero attached hydrogens (tertiary/aromatic N) is 1. The summed E-state index contributed by atoms with van der Waals surface area (Å²) in [6, 6.07) is 9.90. The normalized spacial score (nSPS) is 10.9. The minimum atomic E-state index is -0.478. The van der Waals surface area contributed by atoms with Crippen molar-refractivity contribution in [1.82, 2.24) is 0 Å². The molecule has 1 N–H and O–H groups in total. The Bertz CT molecular complexity index is 875. The zero-order valence-electron chi connectivity index (χ0n) is 15.7. The summed E-state index contributed by atoms with van der Waals surface area (Å²) in [4.78, 5) is 22.7. The lowest BCUT2D eigenvalue weighted by molar-refractivity contribution is -0.385. The van der Waals surface area contributed by atoms with Crippen LogP contribution in [0, 0.1) is 17.0 Å². The molecule has 0 aromatic heterocycles. The molecular weight excluding hydrogens is 348 g/mol. The van der Waals surface area contributed by atoms with Gasteiger partial charge in [-0.05, 0) is 50.6 Å². The van der Waals surface area contributed by atoms with E-state index in [2.05, 4.69) is 5.32 Å². The Labute approximate surface area is 157 Å². The number of ether oxygens (including phenoxy) is 2. The van der Waals surface area contributed by atoms with Crippen molar-refractivity contribution in [3.63, 3.8) is 0 Å². The van der Waals surface area contributed by atoms with E-state index in [1.165, 1.54) is 18.2 Å². The van der Waals surface area contributed by atoms with Crippen LogP contribution in [0.5, 0.6) is 11.5 Å². The van der Waals surface area contributed by atoms with Crippen molar-refractivity contribution < 1.29 is 19.2 Å². The Morgan fingerprint density at radius 2 is 1.96 bits per heavy atom. The van der Waals surface area contributed by atoms with Crippen molar-refractivity contribution in [2.75, 3.05) is 12.4 Å². The first-order chi connectivity index (χ1) is 12.8. The maximum Gasteiger partial charge on any atom is 0.274 e. The molecule has 0 bridgehead atoms. The maximum absolute atomic E-state index is 12.2. The van der Waals surface area contributed by atoms with E-state index in [9.17, 15) is 14.9 Å². The predicted molar refractivity (Wildman–Crippen MR) is 104 cm³/mol. The minimum Gasteiger partial charge on any atom is -0.493 e. The van der Waals surface area contributed by atoms with Gasteiger partial charge in [0.25, 0.3) is 5.69 Å². The van der Waals surface area contributed by atoms with Crippen molar-refractivity contribution in [3.05, 3.63) is 63.7 Å². The Morgan fingerprint density at radius 3 is 2.59 bits per heavy atom. The molecule has 0 atom stereocenters. The van der Waals surface area contributed by atoms with E-state index in [4.69, 9.17) is 9.47 Å². The molecule has 0 aliphatic heterocycles. The van der Waals surface area contributed by atoms with E-state index >= 15 is 0 Å². The molecule has 27 heavy (non-hydrogen) atoms. The third-order valence-corrected chi connectivity index (χ3v) is 3.74. The molecule has 2 aromatic rings. The van der Waals surface area contributed by atoms with Gasteiger partial charge in [0.15, 0.2) is 11.5 Å². The molecule has 0 saturated carbocycles. The molecule has 1 amide bonds. The number of amides is 1. The SMILES string of the molecule is COc1cc(/C=C/C(=O)Nc2cccc([N+](=O)[O-])c2C)ccc1OC(C)C. The average Bonchev–Trinajstić information content (AvgIpc) is 2.62. The van der Waals surface area contributed by atoms with Gasteiger partial charge in [0.05, 0.1) is 29.4 Å². The lowest BCUT2D eigenvalue weighted by atomic mass is 10.1. The Kier molecular flexibility index (Phi) is 6.54. The topological polar surface area (TPSA) is 90.7 Å². The fourth-order valence-corrected chi connectivity index (χ4v) is 2.44. The number of nitro groups is 1. The molecule has 2 rings (SSSR count). The van der Waals surface area contributed by atoms with E-state index in [-0.39, 0.29) is 17.7 Å². The molecule has 142 valence electrons. The summed E-state index contributed by atoms with van der Waals surface area (Å²) in [7, 11) is 1.55. The van der Waals surface area contributed by atoms with Crippen molar-refractivity contribution in [3.8, 4) is 11.5 Å². The van der Waals surface area contributed by atoms with E-state index in [1.54, 1.807) is 38.3 Å². The van der Waals surface area contributed by atoms with Crippen LogP contribution in [-0.4, -0.2) is 24.0 Å². The molecule has 0 spiro atoms. The molecule has 7 heteroatoms. The van der Waals surface area contributed by atoms with Crippen LogP contribution in [0.3, 0.4) is 0 Å². The average molecular weight is 370 g/mol. The van der Waals surface area contributed by atoms with Crippen LogP contribution in [0.4, 0.5) is 11.4 Å². The molecule has 0 unspecified atom stereocenters. The van der Waals surface area contributed by atoms with Crippen LogP contribution in [0.1, 0.15) is 25.0 Å². The summed E-state index contributed by atoms with van der Waals surface area (Å²) in [6.07, 6.45) is 3.00. The van der Waals surface area contributed by atoms with E-state index < -0.39 is 4.92 Å². The summed E-state index contributed by atoms with van der Waals surface area (Å²) >= 11 is 0. The lowest BCUT2D eigenvalue weighted by Crippen LogP contribution is -2.09. The number of benzene rings is 2. The van der Waals surface area contributed by atoms with Gasteiger partial charge in [-0.25, -0.2) is 0 Å². The second-order valence-electron chi connectivity index (χ2n) is 6.11. The first kappa shape index (κ1) is 20.0. The summed E-state index contributed by atoms with van der Waals surface area (Å²) in [5.41, 5.74) is 1.52. The summed E-state index contributed by atoms with van der Waals surface area (Å²) in [6.45, 7) is 5.44. The molecule has 0 saturated heterocycles. The van der Waals surface area contributed by atoms with E-state index in [1.807, 2.05) is 19.9 Å². The van der Waals surface area contributed by atoms with Gasteiger partial charge < -0.3 is 14.8 Å². The number of nitro benzene ring substituents is 1. The highest BCUT2D eigenvalue weighted by atomic mass is 16.6. The summed E-state index contributed by atoms with van der Waals surface area (Å²) in [5, 5.41) is 13.6. The number of rotatable bonds is 7. The molecular formula is C20H22N2O5. The van der Waals surface area contributed by atoms with E-state index in [0.717, 1.165) is 5.56 Å². The first-order valence-corrected chi connectivity index (χ1v) is 8.39. The number of methoxy groups -OCH3 is 1. The van der Waals surface area contributed by atoms with Crippen LogP contribution in [-0.2, 0) is 4.79 Å². The Hall–Kier alpha value is -3.35. The Morgan fingerprint density at radius 1 is 1.22 bits per heavy atom. The van der Waals surface area contributed by atoms with Gasteiger partial charge in [-0.2, -0.15) is 0 Å². The highest BCUT2D eigenvalue weighted by molar-refractivity contribution is 6.02. The third kappa shape index (κ3) is 5.31. The second kappa shape index (κ2) is 8.84. The van der Waals surface area contributed by atoms with Crippen molar-refractivity contribution in [2.45, 2.75) is 26.9 Å². The predicted octanol–water partition coefficient (Wildman–Crippen LogP) is 4.35. The van der Waals surface area contributed by atoms with Crippen LogP contribution in [0.25, 0.3) is 6.08 Å². The number of hydrogen-bond donors (Lipinski definition) is 1. The first-order valence-electron chi connectivity index (χ1n) is 8.39. The van der Waals surface area contributed by atoms with Crippen molar-refractivity contribution in [1.29, 1.82) is 0 Å². The molecule has 2 aromatic carbocycles. The Balaban J connectivity index is 2.13. The van der Waals surface area contributed by atoms with Gasteiger partial charge in [-0.15, -0.1) is 0 Å². The number of carbonyl (C=O) groups is 1. The van der Waals surface area contributed by atoms with Gasteiger partial charge in [-0.3, -0.25) is 14.9 Å². The lowest BCUT2D eigenvalue weighted by Gasteiger charge is -2.13. The van der Waals surface area contributed by atoms with Crippen molar-refractivity contribution >= 4 is 23.4 Å². The van der Waals surface area contributed by atoms with Crippen LogP contribution >= 0.6 is 0 Å². The number of anilines is 1. The highest BCUT2D eigenvalue weighted by Gasteiger charge is 2.14. The molecule has 7 nitrogen and oxygen atoms in total. The maximum atomic E-state index is 12.2. The smallest absolute Gasteiger partial charge is 0.274 e. The van der Waals surface area contributed by atoms with Gasteiger partial charge in [0.1, 0.15) is 0 Å². The zero-order chi connectivity index (χ0) is 20.0. The number of carbonyl (C=O) groups excluding carboxylic acids is 1. The standard InChI is InChI=1S/C20H22N2O5/c1-13(2)27-18-10-8-15(12-19(18)26-4)9-11-20(23)21-16-6-5-7-17(14(16)3)22(24)25/h5-13H,1-4H3,(H,21,23)/b11-9+. The van der Waals surface area contributed by atoms with Gasteiger partial charge in [-0.1, -0.05) is 12.1 Å². The minimum absolute atomic E-state index is 0.0178. The largest absolute Gasteiger partial charge is 0.493 e. The molecule has 0 fully saturated rings. The van der Waals surface area contributed by atoms with Crippen LogP contribution in [0.2, 0.25) is 0 Å². The van der Waals surface area contributed by atoms with Crippen molar-refractivity contribution in [2.24, 2.45) is 0 Å². The highest BCUT2D eigenvalue weighted by Crippen LogP contribution is 2.29. The summed E-state index contributed by atoms with van der Waals surface area (Å²) in [5.74, 6) is 0.808. The summed E-state index contributed by atoms with van der Waals surface area (Å²) < 4.78 is 11.0. The van der Waals surface area contributed by atoms with Gasteiger partial charge in [0, 0.05) is 12.1 Å². The molecule has 0 aliphatic carbocycles. The van der Waals surface area contributed by atoms with Gasteiger partial charge >= 0.3 is 0 Å². The van der Waals surface area contributed by atoms with Crippen LogP contribution < -0.4 is 14.8 Å². The fourth-order valence-electron chi connectivity index (χ4n) is 2.44. The van der Waals surface area contributed by atoms with E-state index in [0.29, 0.717) is 22.7 Å². The van der Waals surface area contributed by atoms with Gasteiger partial charge in [0.2, 0.25) is 5.91 Å². The monoisotopic (exact) mass is 370 g/mol. The quantitative estimate of drug-likeness (QED) is 0.444. The third-order valence-electron chi connectivity index (χ3n) is 3.74. The molecule has 0 heterocycles. The number of hydrogen-bond acceptors (Lipinski definition) is 5. The zero-order valence-corrected chi connectivity index (χ0v) is 15.7. The molecule has 0 aliphatic rings.